The van der Waals surface area contributed by atoms with Gasteiger partial charge in [0.25, 0.3) is 0 Å². The normalized spacial score (nSPS) is 12.4. The molecule has 0 spiro atoms. The Labute approximate surface area is 106 Å². The van der Waals surface area contributed by atoms with Gasteiger partial charge < -0.3 is 4.57 Å². The molecule has 0 saturated heterocycles. The molecule has 1 atom stereocenters. The molecule has 0 bridgehead atoms. The van der Waals surface area contributed by atoms with Crippen molar-refractivity contribution in [2.24, 2.45) is 0 Å². The van der Waals surface area contributed by atoms with Crippen molar-refractivity contribution in [3.63, 3.8) is 0 Å². The molecular weight excluding hydrogens is 291 g/mol. The van der Waals surface area contributed by atoms with Gasteiger partial charge in [-0.1, -0.05) is 57.9 Å². The molecule has 0 saturated carbocycles. The fraction of sp³-hybridized carbons (Fsp3) is 0.0909. The quantitative estimate of drug-likeness (QED) is 0.644. The third-order valence-corrected chi connectivity index (χ3v) is 3.19. The largest absolute Gasteiger partial charge is 0.315 e. The Morgan fingerprint density at radius 3 is 2.62 bits per heavy atom. The van der Waals surface area contributed by atoms with E-state index in [1.54, 1.807) is 22.9 Å². The number of ketones is 1. The van der Waals surface area contributed by atoms with Crippen LogP contribution in [0.15, 0.2) is 42.9 Å². The number of imidazole rings is 1. The number of halogens is 2. The Hall–Kier alpha value is -1.13. The molecule has 1 aromatic heterocycles. The summed E-state index contributed by atoms with van der Waals surface area (Å²) in [5.74, 6) is -0.0327. The van der Waals surface area contributed by atoms with Crippen LogP contribution in [0.2, 0.25) is 5.15 Å². The number of aromatic nitrogens is 2. The Balaban J connectivity index is 2.23. The average Bonchev–Trinajstić information content (AvgIpc) is 2.75. The summed E-state index contributed by atoms with van der Waals surface area (Å²) in [7, 11) is 0. The van der Waals surface area contributed by atoms with Gasteiger partial charge in [-0.05, 0) is 0 Å². The number of benzene rings is 1. The van der Waals surface area contributed by atoms with Gasteiger partial charge in [0.1, 0.15) is 5.15 Å². The van der Waals surface area contributed by atoms with Gasteiger partial charge in [-0.15, -0.1) is 0 Å². The summed E-state index contributed by atoms with van der Waals surface area (Å²) in [4.78, 5) is 15.4. The van der Waals surface area contributed by atoms with E-state index in [4.69, 9.17) is 11.6 Å². The fourth-order valence-corrected chi connectivity index (χ4v) is 1.96. The van der Waals surface area contributed by atoms with Gasteiger partial charge in [0.05, 0.1) is 6.33 Å². The highest BCUT2D eigenvalue weighted by Crippen LogP contribution is 2.22. The van der Waals surface area contributed by atoms with Crippen LogP contribution in [0.5, 0.6) is 0 Å². The minimum absolute atomic E-state index is 0.0327. The summed E-state index contributed by atoms with van der Waals surface area (Å²) in [6.45, 7) is 0. The van der Waals surface area contributed by atoms with Gasteiger partial charge in [-0.2, -0.15) is 0 Å². The summed E-state index contributed by atoms with van der Waals surface area (Å²) in [6, 6.07) is 9.07. The number of hydrogen-bond acceptors (Lipinski definition) is 2. The molecule has 1 unspecified atom stereocenters. The number of rotatable bonds is 3. The standard InChI is InChI=1S/C11H8BrClN2O/c12-11(15-6-9(13)14-7-15)10(16)8-4-2-1-3-5-8/h1-7,11H. The van der Waals surface area contributed by atoms with Gasteiger partial charge in [-0.3, -0.25) is 4.79 Å². The molecule has 5 heteroatoms. The topological polar surface area (TPSA) is 34.9 Å². The number of alkyl halides is 1. The van der Waals surface area contributed by atoms with Crippen molar-refractivity contribution >= 4 is 33.3 Å². The summed E-state index contributed by atoms with van der Waals surface area (Å²) < 4.78 is 1.62. The Morgan fingerprint density at radius 2 is 2.06 bits per heavy atom. The molecule has 0 radical (unpaired) electrons. The van der Waals surface area contributed by atoms with Crippen LogP contribution in [0.4, 0.5) is 0 Å². The third kappa shape index (κ3) is 2.33. The van der Waals surface area contributed by atoms with E-state index in [-0.39, 0.29) is 5.78 Å². The summed E-state index contributed by atoms with van der Waals surface area (Å²) in [5.41, 5.74) is 0.647. The molecule has 0 N–H and O–H groups in total. The van der Waals surface area contributed by atoms with Crippen LogP contribution < -0.4 is 0 Å². The van der Waals surface area contributed by atoms with Gasteiger partial charge in [0, 0.05) is 11.8 Å². The highest BCUT2D eigenvalue weighted by atomic mass is 79.9. The Kier molecular flexibility index (Phi) is 3.41. The van der Waals surface area contributed by atoms with Crippen LogP contribution >= 0.6 is 27.5 Å². The van der Waals surface area contributed by atoms with Crippen molar-refractivity contribution in [1.29, 1.82) is 0 Å². The van der Waals surface area contributed by atoms with Gasteiger partial charge in [0.15, 0.2) is 10.7 Å². The highest BCUT2D eigenvalue weighted by molar-refractivity contribution is 9.09. The van der Waals surface area contributed by atoms with E-state index < -0.39 is 4.95 Å². The zero-order chi connectivity index (χ0) is 11.5. The van der Waals surface area contributed by atoms with Crippen LogP contribution in [0.1, 0.15) is 15.3 Å². The van der Waals surface area contributed by atoms with E-state index in [0.29, 0.717) is 10.7 Å². The molecule has 82 valence electrons. The van der Waals surface area contributed by atoms with Gasteiger partial charge >= 0.3 is 0 Å². The molecule has 0 aliphatic carbocycles. The minimum Gasteiger partial charge on any atom is -0.315 e. The summed E-state index contributed by atoms with van der Waals surface area (Å²) >= 11 is 9.01. The second-order valence-electron chi connectivity index (χ2n) is 3.21. The second kappa shape index (κ2) is 4.80. The maximum absolute atomic E-state index is 12.0. The zero-order valence-corrected chi connectivity index (χ0v) is 10.5. The van der Waals surface area contributed by atoms with Crippen molar-refractivity contribution in [3.05, 3.63) is 53.6 Å². The number of Topliss-reactive ketones (excluding diaryl/α,β-unsaturated/α-hetero) is 1. The first kappa shape index (κ1) is 11.4. The lowest BCUT2D eigenvalue weighted by Crippen LogP contribution is -2.12. The molecule has 0 amide bonds. The van der Waals surface area contributed by atoms with Crippen molar-refractivity contribution in [3.8, 4) is 0 Å². The zero-order valence-electron chi connectivity index (χ0n) is 8.18. The fourth-order valence-electron chi connectivity index (χ4n) is 1.31. The SMILES string of the molecule is O=C(c1ccccc1)C(Br)n1cnc(Cl)c1. The first-order chi connectivity index (χ1) is 7.68. The van der Waals surface area contributed by atoms with Crippen LogP contribution in [0, 0.1) is 0 Å². The lowest BCUT2D eigenvalue weighted by Gasteiger charge is -2.09. The van der Waals surface area contributed by atoms with Crippen LogP contribution in [0.25, 0.3) is 0 Å². The lowest BCUT2D eigenvalue weighted by atomic mass is 10.1. The van der Waals surface area contributed by atoms with Crippen molar-refractivity contribution < 1.29 is 4.79 Å². The molecule has 16 heavy (non-hydrogen) atoms. The second-order valence-corrected chi connectivity index (χ2v) is 4.46. The minimum atomic E-state index is -0.477. The maximum atomic E-state index is 12.0. The van der Waals surface area contributed by atoms with Crippen molar-refractivity contribution in [2.45, 2.75) is 4.95 Å². The van der Waals surface area contributed by atoms with E-state index in [0.717, 1.165) is 0 Å². The van der Waals surface area contributed by atoms with E-state index in [9.17, 15) is 4.79 Å². The number of hydrogen-bond donors (Lipinski definition) is 0. The van der Waals surface area contributed by atoms with Crippen LogP contribution in [-0.4, -0.2) is 15.3 Å². The van der Waals surface area contributed by atoms with Crippen LogP contribution in [0.3, 0.4) is 0 Å². The maximum Gasteiger partial charge on any atom is 0.196 e. The number of carbonyl (C=O) groups is 1. The molecule has 2 rings (SSSR count). The highest BCUT2D eigenvalue weighted by Gasteiger charge is 2.18. The van der Waals surface area contributed by atoms with E-state index in [1.165, 1.54) is 6.33 Å². The molecule has 1 heterocycles. The number of carbonyl (C=O) groups excluding carboxylic acids is 1. The molecular formula is C11H8BrClN2O. The van der Waals surface area contributed by atoms with Crippen molar-refractivity contribution in [1.82, 2.24) is 9.55 Å². The van der Waals surface area contributed by atoms with Crippen LogP contribution in [-0.2, 0) is 0 Å². The van der Waals surface area contributed by atoms with Crippen molar-refractivity contribution in [2.75, 3.05) is 0 Å². The smallest absolute Gasteiger partial charge is 0.196 e. The molecule has 2 aromatic rings. The predicted octanol–water partition coefficient (Wildman–Crippen LogP) is 3.31. The Bertz CT molecular complexity index is 498. The van der Waals surface area contributed by atoms with E-state index in [1.807, 2.05) is 18.2 Å². The first-order valence-electron chi connectivity index (χ1n) is 4.61. The molecule has 0 aliphatic heterocycles. The first-order valence-corrected chi connectivity index (χ1v) is 5.90. The third-order valence-electron chi connectivity index (χ3n) is 2.11. The monoisotopic (exact) mass is 298 g/mol. The van der Waals surface area contributed by atoms with E-state index >= 15 is 0 Å². The molecule has 0 aliphatic rings. The van der Waals surface area contributed by atoms with E-state index in [2.05, 4.69) is 20.9 Å². The average molecular weight is 300 g/mol. The molecule has 1 aromatic carbocycles. The summed E-state index contributed by atoms with van der Waals surface area (Å²) in [6.07, 6.45) is 3.12. The summed E-state index contributed by atoms with van der Waals surface area (Å²) in [5, 5.41) is 0.366. The van der Waals surface area contributed by atoms with Gasteiger partial charge in [-0.25, -0.2) is 4.98 Å². The molecule has 0 fully saturated rings. The predicted molar refractivity (Wildman–Crippen MR) is 66.0 cm³/mol. The lowest BCUT2D eigenvalue weighted by molar-refractivity contribution is 0.0970. The van der Waals surface area contributed by atoms with Gasteiger partial charge in [0.2, 0.25) is 0 Å². The number of nitrogens with zero attached hydrogens (tertiary/aromatic N) is 2. The molecule has 3 nitrogen and oxygen atoms in total. The Morgan fingerprint density at radius 1 is 1.38 bits per heavy atom.